The smallest absolute Gasteiger partial charge is 0.244 e. The van der Waals surface area contributed by atoms with Crippen molar-refractivity contribution in [3.05, 3.63) is 41.5 Å². The maximum atomic E-state index is 11.6. The molecule has 19 heavy (non-hydrogen) atoms. The lowest BCUT2D eigenvalue weighted by atomic mass is 10.0. The lowest BCUT2D eigenvalue weighted by Gasteiger charge is -2.13. The average molecular weight is 261 g/mol. The highest BCUT2D eigenvalue weighted by Crippen LogP contribution is 2.06. The third-order valence-corrected chi connectivity index (χ3v) is 3.18. The van der Waals surface area contributed by atoms with Gasteiger partial charge < -0.3 is 10.4 Å². The van der Waals surface area contributed by atoms with Crippen LogP contribution < -0.4 is 5.32 Å². The minimum absolute atomic E-state index is 0.0861. The minimum Gasteiger partial charge on any atom is -0.396 e. The molecule has 0 aromatic heterocycles. The Morgan fingerprint density at radius 3 is 2.63 bits per heavy atom. The number of carbonyl (C=O) groups excluding carboxylic acids is 1. The molecule has 0 fully saturated rings. The van der Waals surface area contributed by atoms with Crippen molar-refractivity contribution < 1.29 is 9.90 Å². The summed E-state index contributed by atoms with van der Waals surface area (Å²) in [7, 11) is 0. The molecule has 1 atom stereocenters. The number of rotatable bonds is 7. The van der Waals surface area contributed by atoms with Crippen LogP contribution in [-0.2, 0) is 4.79 Å². The Labute approximate surface area is 115 Å². The van der Waals surface area contributed by atoms with Crippen molar-refractivity contribution in [2.75, 3.05) is 13.2 Å². The Morgan fingerprint density at radius 1 is 1.37 bits per heavy atom. The van der Waals surface area contributed by atoms with E-state index < -0.39 is 0 Å². The molecule has 1 unspecified atom stereocenters. The Bertz CT molecular complexity index is 409. The van der Waals surface area contributed by atoms with Crippen LogP contribution in [0.2, 0.25) is 0 Å². The molecule has 3 heteroatoms. The topological polar surface area (TPSA) is 49.3 Å². The Kier molecular flexibility index (Phi) is 6.90. The number of amides is 1. The van der Waals surface area contributed by atoms with E-state index >= 15 is 0 Å². The molecule has 0 saturated heterocycles. The van der Waals surface area contributed by atoms with Gasteiger partial charge in [0.1, 0.15) is 0 Å². The summed E-state index contributed by atoms with van der Waals surface area (Å²) in [5.41, 5.74) is 2.22. The van der Waals surface area contributed by atoms with E-state index in [4.69, 9.17) is 5.11 Å². The van der Waals surface area contributed by atoms with Gasteiger partial charge in [-0.05, 0) is 30.9 Å². The van der Waals surface area contributed by atoms with Crippen molar-refractivity contribution in [2.24, 2.45) is 5.92 Å². The molecular weight excluding hydrogens is 238 g/mol. The zero-order valence-electron chi connectivity index (χ0n) is 11.7. The van der Waals surface area contributed by atoms with Gasteiger partial charge in [0.05, 0.1) is 0 Å². The predicted molar refractivity (Wildman–Crippen MR) is 78.7 cm³/mol. The van der Waals surface area contributed by atoms with Gasteiger partial charge in [0.2, 0.25) is 5.91 Å². The van der Waals surface area contributed by atoms with E-state index in [-0.39, 0.29) is 12.5 Å². The zero-order valence-corrected chi connectivity index (χ0v) is 11.7. The third-order valence-electron chi connectivity index (χ3n) is 3.18. The number of hydrogen-bond donors (Lipinski definition) is 2. The molecule has 3 nitrogen and oxygen atoms in total. The molecule has 0 saturated carbocycles. The normalized spacial score (nSPS) is 12.6. The van der Waals surface area contributed by atoms with Gasteiger partial charge in [0.15, 0.2) is 0 Å². The van der Waals surface area contributed by atoms with Gasteiger partial charge in [-0.25, -0.2) is 0 Å². The summed E-state index contributed by atoms with van der Waals surface area (Å²) in [4.78, 5) is 11.6. The van der Waals surface area contributed by atoms with Crippen molar-refractivity contribution >= 4 is 12.0 Å². The van der Waals surface area contributed by atoms with Gasteiger partial charge >= 0.3 is 0 Å². The van der Waals surface area contributed by atoms with Crippen LogP contribution in [0.3, 0.4) is 0 Å². The number of aliphatic hydroxyl groups excluding tert-OH is 1. The highest BCUT2D eigenvalue weighted by molar-refractivity contribution is 5.91. The van der Waals surface area contributed by atoms with Crippen molar-refractivity contribution in [1.82, 2.24) is 5.32 Å². The molecule has 0 aliphatic heterocycles. The molecule has 0 radical (unpaired) electrons. The fourth-order valence-corrected chi connectivity index (χ4v) is 1.79. The van der Waals surface area contributed by atoms with Crippen molar-refractivity contribution in [1.29, 1.82) is 0 Å². The monoisotopic (exact) mass is 261 g/mol. The standard InChI is InChI=1S/C16H23NO2/c1-3-14(10-11-18)12-17-16(19)9-8-15-6-4-13(2)5-7-15/h4-9,14,18H,3,10-12H2,1-2H3,(H,17,19). The summed E-state index contributed by atoms with van der Waals surface area (Å²) in [6.45, 7) is 4.89. The quantitative estimate of drug-likeness (QED) is 0.741. The Balaban J connectivity index is 2.40. The van der Waals surface area contributed by atoms with Crippen LogP contribution in [0, 0.1) is 12.8 Å². The number of aryl methyl sites for hydroxylation is 1. The van der Waals surface area contributed by atoms with Crippen molar-refractivity contribution in [2.45, 2.75) is 26.7 Å². The molecule has 104 valence electrons. The molecule has 0 bridgehead atoms. The van der Waals surface area contributed by atoms with Gasteiger partial charge in [0.25, 0.3) is 0 Å². The van der Waals surface area contributed by atoms with E-state index in [1.807, 2.05) is 37.3 Å². The van der Waals surface area contributed by atoms with E-state index in [0.717, 1.165) is 18.4 Å². The first kappa shape index (κ1) is 15.4. The maximum Gasteiger partial charge on any atom is 0.244 e. The van der Waals surface area contributed by atoms with Crippen LogP contribution >= 0.6 is 0 Å². The summed E-state index contributed by atoms with van der Waals surface area (Å²) in [5.74, 6) is 0.263. The SMILES string of the molecule is CCC(CCO)CNC(=O)C=Cc1ccc(C)cc1. The van der Waals surface area contributed by atoms with Crippen LogP contribution in [0.4, 0.5) is 0 Å². The number of aliphatic hydroxyl groups is 1. The molecule has 0 spiro atoms. The molecule has 2 N–H and O–H groups in total. The Hall–Kier alpha value is -1.61. The van der Waals surface area contributed by atoms with Gasteiger partial charge in [-0.3, -0.25) is 4.79 Å². The summed E-state index contributed by atoms with van der Waals surface area (Å²) in [5, 5.41) is 11.7. The van der Waals surface area contributed by atoms with Crippen LogP contribution in [0.5, 0.6) is 0 Å². The van der Waals surface area contributed by atoms with Gasteiger partial charge in [-0.1, -0.05) is 43.2 Å². The fourth-order valence-electron chi connectivity index (χ4n) is 1.79. The molecule has 0 aliphatic carbocycles. The lowest BCUT2D eigenvalue weighted by molar-refractivity contribution is -0.116. The molecule has 0 aliphatic rings. The third kappa shape index (κ3) is 6.20. The molecule has 0 heterocycles. The number of carbonyl (C=O) groups is 1. The van der Waals surface area contributed by atoms with Gasteiger partial charge in [-0.15, -0.1) is 0 Å². The summed E-state index contributed by atoms with van der Waals surface area (Å²) in [6, 6.07) is 8.01. The molecule has 1 aromatic carbocycles. The first-order valence-corrected chi connectivity index (χ1v) is 6.79. The maximum absolute atomic E-state index is 11.6. The second kappa shape index (κ2) is 8.48. The van der Waals surface area contributed by atoms with Gasteiger partial charge in [0, 0.05) is 19.2 Å². The van der Waals surface area contributed by atoms with E-state index in [1.54, 1.807) is 6.08 Å². The van der Waals surface area contributed by atoms with Crippen LogP contribution in [0.1, 0.15) is 30.9 Å². The molecule has 1 aromatic rings. The largest absolute Gasteiger partial charge is 0.396 e. The summed E-state index contributed by atoms with van der Waals surface area (Å²) >= 11 is 0. The van der Waals surface area contributed by atoms with E-state index in [2.05, 4.69) is 12.2 Å². The lowest BCUT2D eigenvalue weighted by Crippen LogP contribution is -2.28. The van der Waals surface area contributed by atoms with E-state index in [9.17, 15) is 4.79 Å². The molecular formula is C16H23NO2. The van der Waals surface area contributed by atoms with Crippen LogP contribution in [0.25, 0.3) is 6.08 Å². The van der Waals surface area contributed by atoms with E-state index in [1.165, 1.54) is 5.56 Å². The van der Waals surface area contributed by atoms with Crippen LogP contribution in [-0.4, -0.2) is 24.2 Å². The van der Waals surface area contributed by atoms with Crippen molar-refractivity contribution in [3.8, 4) is 0 Å². The van der Waals surface area contributed by atoms with Gasteiger partial charge in [-0.2, -0.15) is 0 Å². The fraction of sp³-hybridized carbons (Fsp3) is 0.438. The zero-order chi connectivity index (χ0) is 14.1. The average Bonchev–Trinajstić information content (AvgIpc) is 2.42. The highest BCUT2D eigenvalue weighted by atomic mass is 16.3. The Morgan fingerprint density at radius 2 is 2.05 bits per heavy atom. The van der Waals surface area contributed by atoms with Crippen LogP contribution in [0.15, 0.2) is 30.3 Å². The van der Waals surface area contributed by atoms with E-state index in [0.29, 0.717) is 12.5 Å². The minimum atomic E-state index is -0.0861. The highest BCUT2D eigenvalue weighted by Gasteiger charge is 2.06. The first-order chi connectivity index (χ1) is 9.15. The number of nitrogens with one attached hydrogen (secondary N) is 1. The number of benzene rings is 1. The predicted octanol–water partition coefficient (Wildman–Crippen LogP) is 2.53. The number of hydrogen-bond acceptors (Lipinski definition) is 2. The second-order valence-corrected chi connectivity index (χ2v) is 4.78. The second-order valence-electron chi connectivity index (χ2n) is 4.78. The summed E-state index contributed by atoms with van der Waals surface area (Å²) < 4.78 is 0. The first-order valence-electron chi connectivity index (χ1n) is 6.79. The molecule has 1 amide bonds. The summed E-state index contributed by atoms with van der Waals surface area (Å²) in [6.07, 6.45) is 5.05. The van der Waals surface area contributed by atoms with Crippen molar-refractivity contribution in [3.63, 3.8) is 0 Å². The molecule has 1 rings (SSSR count).